The first-order chi connectivity index (χ1) is 11.6. The van der Waals surface area contributed by atoms with Crippen molar-refractivity contribution in [2.75, 3.05) is 14.2 Å². The van der Waals surface area contributed by atoms with Crippen LogP contribution in [0.25, 0.3) is 0 Å². The van der Waals surface area contributed by atoms with E-state index in [4.69, 9.17) is 9.47 Å². The number of hydrogen-bond acceptors (Lipinski definition) is 6. The third-order valence-corrected chi connectivity index (χ3v) is 4.73. The Hall–Kier alpha value is -2.34. The molecule has 136 valence electrons. The van der Waals surface area contributed by atoms with E-state index in [-0.39, 0.29) is 29.3 Å². The van der Waals surface area contributed by atoms with E-state index in [0.717, 1.165) is 0 Å². The zero-order valence-electron chi connectivity index (χ0n) is 15.1. The SMILES string of the molecule is COc1ccc([C@H]2C(C(C)=O)=C(O)C[C@](C)(O)[C@H]2C(C)=O)cc1OC. The summed E-state index contributed by atoms with van der Waals surface area (Å²) in [6, 6.07) is 5.04. The second-order valence-corrected chi connectivity index (χ2v) is 6.63. The lowest BCUT2D eigenvalue weighted by molar-refractivity contribution is -0.132. The Morgan fingerprint density at radius 2 is 1.76 bits per heavy atom. The number of ether oxygens (including phenoxy) is 2. The van der Waals surface area contributed by atoms with Gasteiger partial charge >= 0.3 is 0 Å². The average Bonchev–Trinajstić information content (AvgIpc) is 2.51. The largest absolute Gasteiger partial charge is 0.512 e. The molecule has 0 saturated carbocycles. The topological polar surface area (TPSA) is 93.1 Å². The molecule has 0 amide bonds. The van der Waals surface area contributed by atoms with Gasteiger partial charge in [0.05, 0.1) is 25.7 Å². The lowest BCUT2D eigenvalue weighted by Gasteiger charge is -2.42. The minimum Gasteiger partial charge on any atom is -0.512 e. The molecule has 6 nitrogen and oxygen atoms in total. The average molecular weight is 348 g/mol. The summed E-state index contributed by atoms with van der Waals surface area (Å²) in [5.41, 5.74) is -0.722. The molecular weight excluding hydrogens is 324 g/mol. The van der Waals surface area contributed by atoms with Crippen molar-refractivity contribution < 1.29 is 29.3 Å². The first kappa shape index (κ1) is 19.0. The fraction of sp³-hybridized carbons (Fsp3) is 0.474. The maximum absolute atomic E-state index is 12.3. The predicted molar refractivity (Wildman–Crippen MR) is 92.0 cm³/mol. The van der Waals surface area contributed by atoms with Crippen molar-refractivity contribution >= 4 is 11.6 Å². The molecule has 3 atom stereocenters. The van der Waals surface area contributed by atoms with E-state index in [1.807, 2.05) is 0 Å². The highest BCUT2D eigenvalue weighted by Gasteiger charge is 2.49. The van der Waals surface area contributed by atoms with Crippen LogP contribution in [-0.2, 0) is 9.59 Å². The summed E-state index contributed by atoms with van der Waals surface area (Å²) < 4.78 is 10.5. The molecule has 0 saturated heterocycles. The third-order valence-electron chi connectivity index (χ3n) is 4.73. The summed E-state index contributed by atoms with van der Waals surface area (Å²) >= 11 is 0. The number of aliphatic hydroxyl groups excluding tert-OH is 1. The quantitative estimate of drug-likeness (QED) is 0.849. The molecule has 0 bridgehead atoms. The van der Waals surface area contributed by atoms with Crippen molar-refractivity contribution in [2.24, 2.45) is 5.92 Å². The van der Waals surface area contributed by atoms with E-state index in [1.165, 1.54) is 35.0 Å². The maximum atomic E-state index is 12.3. The number of benzene rings is 1. The molecule has 1 aliphatic rings. The number of hydrogen-bond donors (Lipinski definition) is 2. The molecule has 0 fully saturated rings. The first-order valence-corrected chi connectivity index (χ1v) is 8.01. The van der Waals surface area contributed by atoms with Crippen LogP contribution in [0.2, 0.25) is 0 Å². The van der Waals surface area contributed by atoms with Crippen LogP contribution in [-0.4, -0.2) is 41.6 Å². The number of allylic oxidation sites excluding steroid dienone is 1. The number of aliphatic hydroxyl groups is 2. The molecule has 25 heavy (non-hydrogen) atoms. The van der Waals surface area contributed by atoms with Crippen molar-refractivity contribution in [1.82, 2.24) is 0 Å². The van der Waals surface area contributed by atoms with Crippen molar-refractivity contribution in [3.8, 4) is 11.5 Å². The minimum absolute atomic E-state index is 0.143. The summed E-state index contributed by atoms with van der Waals surface area (Å²) in [5.74, 6) is -1.45. The number of rotatable bonds is 5. The molecule has 0 aromatic heterocycles. The van der Waals surface area contributed by atoms with Gasteiger partial charge in [0.2, 0.25) is 0 Å². The Bertz CT molecular complexity index is 731. The molecule has 2 N–H and O–H groups in total. The van der Waals surface area contributed by atoms with Gasteiger partial charge in [-0.1, -0.05) is 6.07 Å². The molecule has 0 radical (unpaired) electrons. The fourth-order valence-electron chi connectivity index (χ4n) is 3.75. The molecule has 2 rings (SSSR count). The van der Waals surface area contributed by atoms with Crippen LogP contribution in [0.15, 0.2) is 29.5 Å². The first-order valence-electron chi connectivity index (χ1n) is 8.01. The Labute approximate surface area is 147 Å². The molecular formula is C19H24O6. The van der Waals surface area contributed by atoms with Gasteiger partial charge in [-0.05, 0) is 38.5 Å². The van der Waals surface area contributed by atoms with Gasteiger partial charge in [-0.15, -0.1) is 0 Å². The van der Waals surface area contributed by atoms with E-state index in [1.54, 1.807) is 18.2 Å². The van der Waals surface area contributed by atoms with Gasteiger partial charge in [-0.2, -0.15) is 0 Å². The second kappa shape index (κ2) is 6.88. The second-order valence-electron chi connectivity index (χ2n) is 6.63. The Kier molecular flexibility index (Phi) is 5.23. The van der Waals surface area contributed by atoms with Gasteiger partial charge in [0.15, 0.2) is 17.3 Å². The molecule has 0 heterocycles. The van der Waals surface area contributed by atoms with E-state index >= 15 is 0 Å². The van der Waals surface area contributed by atoms with E-state index in [9.17, 15) is 19.8 Å². The van der Waals surface area contributed by atoms with Gasteiger partial charge in [0.25, 0.3) is 0 Å². The van der Waals surface area contributed by atoms with Crippen molar-refractivity contribution in [1.29, 1.82) is 0 Å². The van der Waals surface area contributed by atoms with Gasteiger partial charge in [0, 0.05) is 17.9 Å². The Morgan fingerprint density at radius 3 is 2.24 bits per heavy atom. The predicted octanol–water partition coefficient (Wildman–Crippen LogP) is 2.55. The highest BCUT2D eigenvalue weighted by atomic mass is 16.5. The number of ketones is 2. The molecule has 0 aliphatic heterocycles. The molecule has 1 aromatic rings. The van der Waals surface area contributed by atoms with Crippen molar-refractivity contribution in [3.63, 3.8) is 0 Å². The van der Waals surface area contributed by atoms with Crippen molar-refractivity contribution in [2.45, 2.75) is 38.7 Å². The van der Waals surface area contributed by atoms with Crippen LogP contribution in [0, 0.1) is 5.92 Å². The summed E-state index contributed by atoms with van der Waals surface area (Å²) in [5, 5.41) is 21.1. The lowest BCUT2D eigenvalue weighted by Crippen LogP contribution is -2.47. The number of Topliss-reactive ketones (excluding diaryl/α,β-unsaturated/α-hetero) is 2. The Balaban J connectivity index is 2.72. The van der Waals surface area contributed by atoms with Gasteiger partial charge < -0.3 is 19.7 Å². The van der Waals surface area contributed by atoms with Gasteiger partial charge in [-0.3, -0.25) is 9.59 Å². The van der Waals surface area contributed by atoms with Crippen molar-refractivity contribution in [3.05, 3.63) is 35.1 Å². The molecule has 6 heteroatoms. The van der Waals surface area contributed by atoms with Gasteiger partial charge in [0.1, 0.15) is 11.5 Å². The van der Waals surface area contributed by atoms with Gasteiger partial charge in [-0.25, -0.2) is 0 Å². The smallest absolute Gasteiger partial charge is 0.161 e. The van der Waals surface area contributed by atoms with Crippen LogP contribution in [0.1, 0.15) is 38.7 Å². The number of methoxy groups -OCH3 is 2. The molecule has 1 aromatic carbocycles. The van der Waals surface area contributed by atoms with E-state index in [2.05, 4.69) is 0 Å². The Morgan fingerprint density at radius 1 is 1.16 bits per heavy atom. The summed E-state index contributed by atoms with van der Waals surface area (Å²) in [6.07, 6.45) is -0.143. The summed E-state index contributed by atoms with van der Waals surface area (Å²) in [6.45, 7) is 4.23. The van der Waals surface area contributed by atoms with Crippen LogP contribution >= 0.6 is 0 Å². The number of carbonyl (C=O) groups excluding carboxylic acids is 2. The standard InChI is InChI=1S/C19H24O6/c1-10(20)16-13(22)9-19(3,23)18(11(2)21)17(16)12-6-7-14(24-4)15(8-12)25-5/h6-8,17-18,22-23H,9H2,1-5H3/t17-,18-,19-/m0/s1. The van der Waals surface area contributed by atoms with Crippen LogP contribution < -0.4 is 9.47 Å². The monoisotopic (exact) mass is 348 g/mol. The summed E-state index contributed by atoms with van der Waals surface area (Å²) in [7, 11) is 2.99. The van der Waals surface area contributed by atoms with Crippen LogP contribution in [0.5, 0.6) is 11.5 Å². The normalized spacial score (nSPS) is 26.3. The molecule has 1 aliphatic carbocycles. The fourth-order valence-corrected chi connectivity index (χ4v) is 3.75. The summed E-state index contributed by atoms with van der Waals surface area (Å²) in [4.78, 5) is 24.5. The highest BCUT2D eigenvalue weighted by molar-refractivity contribution is 5.97. The zero-order chi connectivity index (χ0) is 18.9. The van der Waals surface area contributed by atoms with E-state index in [0.29, 0.717) is 17.1 Å². The third kappa shape index (κ3) is 3.39. The molecule has 0 spiro atoms. The minimum atomic E-state index is -1.47. The van der Waals surface area contributed by atoms with E-state index < -0.39 is 17.4 Å². The number of carbonyl (C=O) groups is 2. The molecule has 0 unspecified atom stereocenters. The zero-order valence-corrected chi connectivity index (χ0v) is 15.1. The maximum Gasteiger partial charge on any atom is 0.161 e. The highest BCUT2D eigenvalue weighted by Crippen LogP contribution is 2.48. The lowest BCUT2D eigenvalue weighted by atomic mass is 9.64. The van der Waals surface area contributed by atoms with Crippen LogP contribution in [0.3, 0.4) is 0 Å². The van der Waals surface area contributed by atoms with Crippen LogP contribution in [0.4, 0.5) is 0 Å².